The number of carbonyl (C=O) groups is 2. The third kappa shape index (κ3) is 1.94. The van der Waals surface area contributed by atoms with Crippen molar-refractivity contribution in [2.24, 2.45) is 0 Å². The number of fused-ring (bicyclic) bond motifs is 1. The van der Waals surface area contributed by atoms with Crippen molar-refractivity contribution in [2.75, 3.05) is 12.0 Å². The number of hydrogen-bond donors (Lipinski definition) is 2. The van der Waals surface area contributed by atoms with Crippen molar-refractivity contribution in [3.05, 3.63) is 22.7 Å². The Morgan fingerprint density at radius 2 is 2.31 bits per heavy atom. The molecule has 0 bridgehead atoms. The van der Waals surface area contributed by atoms with Crippen molar-refractivity contribution in [1.29, 1.82) is 0 Å². The van der Waals surface area contributed by atoms with Gasteiger partial charge >= 0.3 is 0 Å². The van der Waals surface area contributed by atoms with Crippen LogP contribution in [0.25, 0.3) is 0 Å². The second-order valence-corrected chi connectivity index (χ2v) is 3.71. The molecular formula is C10H9ClN2O3. The molecule has 0 aromatic heterocycles. The van der Waals surface area contributed by atoms with E-state index >= 15 is 0 Å². The van der Waals surface area contributed by atoms with Gasteiger partial charge in [0.25, 0.3) is 5.91 Å². The number of ether oxygens (including phenoxy) is 1. The average Bonchev–Trinajstić information content (AvgIpc) is 2.20. The van der Waals surface area contributed by atoms with Crippen LogP contribution in [0.1, 0.15) is 17.3 Å². The maximum absolute atomic E-state index is 11.4. The topological polar surface area (TPSA) is 67.4 Å². The van der Waals surface area contributed by atoms with E-state index in [1.54, 1.807) is 0 Å². The van der Waals surface area contributed by atoms with Crippen molar-refractivity contribution < 1.29 is 14.3 Å². The van der Waals surface area contributed by atoms with Gasteiger partial charge in [-0.3, -0.25) is 9.59 Å². The van der Waals surface area contributed by atoms with Crippen LogP contribution in [0.2, 0.25) is 5.02 Å². The van der Waals surface area contributed by atoms with E-state index in [1.165, 1.54) is 19.1 Å². The Labute approximate surface area is 96.7 Å². The lowest BCUT2D eigenvalue weighted by atomic mass is 10.1. The molecule has 0 saturated carbocycles. The summed E-state index contributed by atoms with van der Waals surface area (Å²) in [4.78, 5) is 22.3. The van der Waals surface area contributed by atoms with Gasteiger partial charge in [-0.05, 0) is 6.07 Å². The second kappa shape index (κ2) is 4.02. The molecule has 0 atom stereocenters. The molecule has 2 amide bonds. The third-order valence-corrected chi connectivity index (χ3v) is 2.40. The fraction of sp³-hybridized carbons (Fsp3) is 0.200. The first kappa shape index (κ1) is 10.8. The Kier molecular flexibility index (Phi) is 2.70. The van der Waals surface area contributed by atoms with Crippen molar-refractivity contribution in [3.63, 3.8) is 0 Å². The fourth-order valence-corrected chi connectivity index (χ4v) is 1.62. The van der Waals surface area contributed by atoms with Crippen LogP contribution in [0.3, 0.4) is 0 Å². The highest BCUT2D eigenvalue weighted by Crippen LogP contribution is 2.32. The SMILES string of the molecule is CC(=O)Nc1cc2c(cc1Cl)C(=O)NCO2. The molecule has 84 valence electrons. The van der Waals surface area contributed by atoms with E-state index < -0.39 is 0 Å². The average molecular weight is 241 g/mol. The zero-order valence-electron chi connectivity index (χ0n) is 8.46. The Bertz CT molecular complexity index is 473. The van der Waals surface area contributed by atoms with Crippen molar-refractivity contribution in [3.8, 4) is 5.75 Å². The maximum atomic E-state index is 11.4. The van der Waals surface area contributed by atoms with Crippen LogP contribution in [0, 0.1) is 0 Å². The van der Waals surface area contributed by atoms with Crippen LogP contribution in [0.4, 0.5) is 5.69 Å². The lowest BCUT2D eigenvalue weighted by molar-refractivity contribution is -0.114. The van der Waals surface area contributed by atoms with E-state index in [9.17, 15) is 9.59 Å². The highest BCUT2D eigenvalue weighted by molar-refractivity contribution is 6.34. The van der Waals surface area contributed by atoms with E-state index in [0.29, 0.717) is 22.0 Å². The molecule has 1 heterocycles. The fourth-order valence-electron chi connectivity index (χ4n) is 1.41. The normalized spacial score (nSPS) is 13.5. The standard InChI is InChI=1S/C10H9ClN2O3/c1-5(14)13-8-3-9-6(2-7(8)11)10(15)12-4-16-9/h2-3H,4H2,1H3,(H,12,15)(H,13,14). The van der Waals surface area contributed by atoms with E-state index in [0.717, 1.165) is 0 Å². The summed E-state index contributed by atoms with van der Waals surface area (Å²) in [6.45, 7) is 1.50. The molecule has 2 N–H and O–H groups in total. The Hall–Kier alpha value is -1.75. The predicted octanol–water partition coefficient (Wildman–Crippen LogP) is 1.38. The molecule has 0 radical (unpaired) electrons. The van der Waals surface area contributed by atoms with E-state index in [2.05, 4.69) is 10.6 Å². The number of nitrogens with one attached hydrogen (secondary N) is 2. The Balaban J connectivity index is 2.44. The molecule has 1 aromatic carbocycles. The molecule has 0 fully saturated rings. The third-order valence-electron chi connectivity index (χ3n) is 2.08. The first-order valence-electron chi connectivity index (χ1n) is 4.60. The second-order valence-electron chi connectivity index (χ2n) is 3.30. The number of carbonyl (C=O) groups excluding carboxylic acids is 2. The van der Waals surface area contributed by atoms with Crippen LogP contribution in [0.15, 0.2) is 12.1 Å². The molecule has 0 unspecified atom stereocenters. The summed E-state index contributed by atoms with van der Waals surface area (Å²) in [6, 6.07) is 3.01. The molecule has 0 aliphatic carbocycles. The molecule has 1 aromatic rings. The van der Waals surface area contributed by atoms with E-state index in [1.807, 2.05) is 0 Å². The molecule has 5 nitrogen and oxygen atoms in total. The van der Waals surface area contributed by atoms with Gasteiger partial charge in [0.2, 0.25) is 5.91 Å². The number of rotatable bonds is 1. The van der Waals surface area contributed by atoms with E-state index in [4.69, 9.17) is 16.3 Å². The largest absolute Gasteiger partial charge is 0.472 e. The van der Waals surface area contributed by atoms with Gasteiger partial charge in [-0.2, -0.15) is 0 Å². The van der Waals surface area contributed by atoms with E-state index in [-0.39, 0.29) is 18.5 Å². The van der Waals surface area contributed by atoms with Gasteiger partial charge in [0.05, 0.1) is 16.3 Å². The molecule has 2 rings (SSSR count). The van der Waals surface area contributed by atoms with Crippen LogP contribution < -0.4 is 15.4 Å². The number of amides is 2. The van der Waals surface area contributed by atoms with Crippen LogP contribution in [-0.4, -0.2) is 18.5 Å². The molecule has 1 aliphatic rings. The highest BCUT2D eigenvalue weighted by Gasteiger charge is 2.20. The Morgan fingerprint density at radius 1 is 1.56 bits per heavy atom. The Morgan fingerprint density at radius 3 is 3.00 bits per heavy atom. The summed E-state index contributed by atoms with van der Waals surface area (Å²) in [7, 11) is 0. The summed E-state index contributed by atoms with van der Waals surface area (Å²) >= 11 is 5.92. The summed E-state index contributed by atoms with van der Waals surface area (Å²) in [5.74, 6) is -0.0588. The molecular weight excluding hydrogens is 232 g/mol. The van der Waals surface area contributed by atoms with Gasteiger partial charge in [-0.15, -0.1) is 0 Å². The minimum Gasteiger partial charge on any atom is -0.472 e. The number of anilines is 1. The quantitative estimate of drug-likeness (QED) is 0.779. The smallest absolute Gasteiger partial charge is 0.257 e. The van der Waals surface area contributed by atoms with Crippen molar-refractivity contribution in [2.45, 2.75) is 6.92 Å². The zero-order chi connectivity index (χ0) is 11.7. The summed E-state index contributed by atoms with van der Waals surface area (Å²) in [5, 5.41) is 5.37. The minimum atomic E-state index is -0.238. The first-order chi connectivity index (χ1) is 7.58. The zero-order valence-corrected chi connectivity index (χ0v) is 9.22. The number of halogens is 1. The molecule has 0 saturated heterocycles. The maximum Gasteiger partial charge on any atom is 0.257 e. The lowest BCUT2D eigenvalue weighted by Crippen LogP contribution is -2.33. The number of hydrogen-bond acceptors (Lipinski definition) is 3. The lowest BCUT2D eigenvalue weighted by Gasteiger charge is -2.19. The number of benzene rings is 1. The molecule has 1 aliphatic heterocycles. The minimum absolute atomic E-state index is 0.118. The van der Waals surface area contributed by atoms with Crippen LogP contribution >= 0.6 is 11.6 Å². The van der Waals surface area contributed by atoms with Crippen LogP contribution in [-0.2, 0) is 4.79 Å². The van der Waals surface area contributed by atoms with Gasteiger partial charge < -0.3 is 15.4 Å². The first-order valence-corrected chi connectivity index (χ1v) is 4.98. The van der Waals surface area contributed by atoms with Gasteiger partial charge in [-0.1, -0.05) is 11.6 Å². The van der Waals surface area contributed by atoms with Gasteiger partial charge in [0.1, 0.15) is 5.75 Å². The summed E-state index contributed by atoms with van der Waals surface area (Å²) in [6.07, 6.45) is 0. The molecule has 16 heavy (non-hydrogen) atoms. The molecule has 0 spiro atoms. The molecule has 6 heteroatoms. The van der Waals surface area contributed by atoms with Crippen molar-refractivity contribution in [1.82, 2.24) is 5.32 Å². The van der Waals surface area contributed by atoms with Crippen molar-refractivity contribution >= 4 is 29.1 Å². The van der Waals surface area contributed by atoms with Crippen LogP contribution in [0.5, 0.6) is 5.75 Å². The van der Waals surface area contributed by atoms with Gasteiger partial charge in [0.15, 0.2) is 6.73 Å². The summed E-state index contributed by atoms with van der Waals surface area (Å²) < 4.78 is 5.23. The van der Waals surface area contributed by atoms with Gasteiger partial charge in [-0.25, -0.2) is 0 Å². The monoisotopic (exact) mass is 240 g/mol. The summed E-state index contributed by atoms with van der Waals surface area (Å²) in [5.41, 5.74) is 0.799. The highest BCUT2D eigenvalue weighted by atomic mass is 35.5. The predicted molar refractivity (Wildman–Crippen MR) is 58.7 cm³/mol. The van der Waals surface area contributed by atoms with Gasteiger partial charge in [0, 0.05) is 13.0 Å².